The summed E-state index contributed by atoms with van der Waals surface area (Å²) in [4.78, 5) is 34.4. The Bertz CT molecular complexity index is 798. The van der Waals surface area contributed by atoms with Crippen LogP contribution in [0.5, 0.6) is 0 Å². The standard InChI is InChI=1S/C20H28N4O2S/c1-4-19-21-8-11-24(19)14-15(2)22-9-5-10-23(13-12-22)20(26)18-7-6-17(27-18)16(3)25/h6-8,11,15H,4-5,9-10,12-14H2,1-3H3. The van der Waals surface area contributed by atoms with E-state index < -0.39 is 0 Å². The van der Waals surface area contributed by atoms with Gasteiger partial charge in [-0.1, -0.05) is 6.92 Å². The minimum Gasteiger partial charge on any atom is -0.337 e. The summed E-state index contributed by atoms with van der Waals surface area (Å²) in [6.45, 7) is 10.2. The van der Waals surface area contributed by atoms with Crippen molar-refractivity contribution < 1.29 is 9.59 Å². The summed E-state index contributed by atoms with van der Waals surface area (Å²) >= 11 is 1.30. The maximum Gasteiger partial charge on any atom is 0.263 e. The van der Waals surface area contributed by atoms with Crippen molar-refractivity contribution in [3.05, 3.63) is 40.1 Å². The fourth-order valence-corrected chi connectivity index (χ4v) is 4.47. The summed E-state index contributed by atoms with van der Waals surface area (Å²) < 4.78 is 2.23. The molecule has 3 rings (SSSR count). The van der Waals surface area contributed by atoms with Gasteiger partial charge in [0.1, 0.15) is 5.82 Å². The van der Waals surface area contributed by atoms with E-state index >= 15 is 0 Å². The third kappa shape index (κ3) is 4.65. The van der Waals surface area contributed by atoms with Crippen LogP contribution in [-0.2, 0) is 13.0 Å². The van der Waals surface area contributed by atoms with Gasteiger partial charge in [0.15, 0.2) is 5.78 Å². The molecule has 0 aromatic carbocycles. The summed E-state index contributed by atoms with van der Waals surface area (Å²) in [5, 5.41) is 0. The summed E-state index contributed by atoms with van der Waals surface area (Å²) in [5.41, 5.74) is 0. The van der Waals surface area contributed by atoms with Crippen molar-refractivity contribution in [2.75, 3.05) is 26.2 Å². The number of thiophene rings is 1. The molecule has 1 saturated heterocycles. The minimum atomic E-state index is 0.0147. The summed E-state index contributed by atoms with van der Waals surface area (Å²) in [6.07, 6.45) is 5.81. The van der Waals surface area contributed by atoms with Crippen molar-refractivity contribution in [2.45, 2.75) is 46.2 Å². The van der Waals surface area contributed by atoms with Crippen LogP contribution in [0.3, 0.4) is 0 Å². The predicted octanol–water partition coefficient (Wildman–Crippen LogP) is 2.95. The Hall–Kier alpha value is -1.99. The molecular weight excluding hydrogens is 360 g/mol. The molecule has 3 heterocycles. The lowest BCUT2D eigenvalue weighted by molar-refractivity contribution is 0.0762. The van der Waals surface area contributed by atoms with Crippen LogP contribution in [0, 0.1) is 0 Å². The fraction of sp³-hybridized carbons (Fsp3) is 0.550. The van der Waals surface area contributed by atoms with Crippen LogP contribution in [0.4, 0.5) is 0 Å². The minimum absolute atomic E-state index is 0.0147. The molecule has 146 valence electrons. The molecule has 0 radical (unpaired) electrons. The maximum atomic E-state index is 12.8. The van der Waals surface area contributed by atoms with Crippen molar-refractivity contribution in [3.8, 4) is 0 Å². The Kier molecular flexibility index (Phi) is 6.44. The number of nitrogens with zero attached hydrogens (tertiary/aromatic N) is 4. The Morgan fingerprint density at radius 2 is 1.96 bits per heavy atom. The first-order valence-corrected chi connectivity index (χ1v) is 10.4. The molecule has 1 amide bonds. The van der Waals surface area contributed by atoms with E-state index in [0.717, 1.165) is 51.4 Å². The van der Waals surface area contributed by atoms with Crippen LogP contribution < -0.4 is 0 Å². The van der Waals surface area contributed by atoms with E-state index in [9.17, 15) is 9.59 Å². The molecule has 27 heavy (non-hydrogen) atoms. The molecule has 1 aliphatic heterocycles. The Balaban J connectivity index is 1.59. The molecule has 2 aromatic heterocycles. The second-order valence-corrected chi connectivity index (χ2v) is 8.18. The van der Waals surface area contributed by atoms with E-state index in [1.54, 1.807) is 12.1 Å². The third-order valence-electron chi connectivity index (χ3n) is 5.18. The molecule has 0 aliphatic carbocycles. The number of amides is 1. The van der Waals surface area contributed by atoms with Gasteiger partial charge >= 0.3 is 0 Å². The largest absolute Gasteiger partial charge is 0.337 e. The number of rotatable bonds is 6. The number of hydrogen-bond acceptors (Lipinski definition) is 5. The third-order valence-corrected chi connectivity index (χ3v) is 6.36. The van der Waals surface area contributed by atoms with Gasteiger partial charge in [-0.3, -0.25) is 14.5 Å². The highest BCUT2D eigenvalue weighted by molar-refractivity contribution is 7.15. The van der Waals surface area contributed by atoms with Crippen molar-refractivity contribution in [2.24, 2.45) is 0 Å². The first-order valence-electron chi connectivity index (χ1n) is 9.63. The van der Waals surface area contributed by atoms with Crippen LogP contribution in [0.15, 0.2) is 24.5 Å². The highest BCUT2D eigenvalue weighted by Crippen LogP contribution is 2.20. The van der Waals surface area contributed by atoms with Crippen LogP contribution >= 0.6 is 11.3 Å². The van der Waals surface area contributed by atoms with E-state index in [1.165, 1.54) is 18.3 Å². The van der Waals surface area contributed by atoms with Gasteiger partial charge in [-0.2, -0.15) is 0 Å². The summed E-state index contributed by atoms with van der Waals surface area (Å²) in [6, 6.07) is 3.93. The quantitative estimate of drug-likeness (QED) is 0.714. The lowest BCUT2D eigenvalue weighted by atomic mass is 10.2. The number of carbonyl (C=O) groups excluding carboxylic acids is 2. The second-order valence-electron chi connectivity index (χ2n) is 7.10. The maximum absolute atomic E-state index is 12.8. The monoisotopic (exact) mass is 388 g/mol. The number of ketones is 1. The van der Waals surface area contributed by atoms with Crippen LogP contribution in [-0.4, -0.2) is 63.3 Å². The van der Waals surface area contributed by atoms with Crippen LogP contribution in [0.2, 0.25) is 0 Å². The Morgan fingerprint density at radius 3 is 2.67 bits per heavy atom. The number of aryl methyl sites for hydroxylation is 1. The van der Waals surface area contributed by atoms with Crippen LogP contribution in [0.1, 0.15) is 52.4 Å². The van der Waals surface area contributed by atoms with Crippen molar-refractivity contribution in [1.29, 1.82) is 0 Å². The molecule has 1 atom stereocenters. The number of Topliss-reactive ketones (excluding diaryl/α,β-unsaturated/α-hetero) is 1. The first-order chi connectivity index (χ1) is 13.0. The van der Waals surface area contributed by atoms with E-state index in [1.807, 2.05) is 17.3 Å². The van der Waals surface area contributed by atoms with E-state index in [-0.39, 0.29) is 11.7 Å². The molecular formula is C20H28N4O2S. The second kappa shape index (κ2) is 8.80. The zero-order valence-corrected chi connectivity index (χ0v) is 17.2. The molecule has 0 saturated carbocycles. The number of imidazole rings is 1. The molecule has 6 nitrogen and oxygen atoms in total. The molecule has 7 heteroatoms. The average Bonchev–Trinajstić information content (AvgIpc) is 3.25. The van der Waals surface area contributed by atoms with Crippen molar-refractivity contribution in [3.63, 3.8) is 0 Å². The van der Waals surface area contributed by atoms with Gasteiger partial charge in [-0.25, -0.2) is 4.98 Å². The number of aromatic nitrogens is 2. The van der Waals surface area contributed by atoms with E-state index in [4.69, 9.17) is 0 Å². The zero-order valence-electron chi connectivity index (χ0n) is 16.4. The molecule has 1 fully saturated rings. The summed E-state index contributed by atoms with van der Waals surface area (Å²) in [5.74, 6) is 1.18. The van der Waals surface area contributed by atoms with Gasteiger partial charge in [-0.05, 0) is 32.4 Å². The van der Waals surface area contributed by atoms with Crippen LogP contribution in [0.25, 0.3) is 0 Å². The highest BCUT2D eigenvalue weighted by atomic mass is 32.1. The molecule has 1 unspecified atom stereocenters. The van der Waals surface area contributed by atoms with Crippen molar-refractivity contribution >= 4 is 23.0 Å². The molecule has 2 aromatic rings. The van der Waals surface area contributed by atoms with Gasteiger partial charge in [0.2, 0.25) is 0 Å². The first kappa shape index (κ1) is 19.8. The van der Waals surface area contributed by atoms with Gasteiger partial charge < -0.3 is 9.47 Å². The van der Waals surface area contributed by atoms with Gasteiger partial charge in [0.25, 0.3) is 5.91 Å². The lowest BCUT2D eigenvalue weighted by Gasteiger charge is -2.28. The van der Waals surface area contributed by atoms with Gasteiger partial charge in [0, 0.05) is 57.6 Å². The lowest BCUT2D eigenvalue weighted by Crippen LogP contribution is -2.40. The zero-order chi connectivity index (χ0) is 19.4. The molecule has 0 N–H and O–H groups in total. The number of hydrogen-bond donors (Lipinski definition) is 0. The van der Waals surface area contributed by atoms with E-state index in [2.05, 4.69) is 28.3 Å². The predicted molar refractivity (Wildman–Crippen MR) is 107 cm³/mol. The Labute approximate surface area is 164 Å². The molecule has 0 bridgehead atoms. The smallest absolute Gasteiger partial charge is 0.263 e. The summed E-state index contributed by atoms with van der Waals surface area (Å²) in [7, 11) is 0. The van der Waals surface area contributed by atoms with Gasteiger partial charge in [0.05, 0.1) is 9.75 Å². The van der Waals surface area contributed by atoms with E-state index in [0.29, 0.717) is 15.8 Å². The van der Waals surface area contributed by atoms with Crippen molar-refractivity contribution in [1.82, 2.24) is 19.4 Å². The normalized spacial score (nSPS) is 16.9. The SMILES string of the molecule is CCc1nccn1CC(C)N1CCCN(C(=O)c2ccc(C(C)=O)s2)CC1. The van der Waals surface area contributed by atoms with Gasteiger partial charge in [-0.15, -0.1) is 11.3 Å². The topological polar surface area (TPSA) is 58.4 Å². The number of carbonyl (C=O) groups is 2. The Morgan fingerprint density at radius 1 is 1.19 bits per heavy atom. The average molecular weight is 389 g/mol. The highest BCUT2D eigenvalue weighted by Gasteiger charge is 2.24. The molecule has 0 spiro atoms. The molecule has 1 aliphatic rings. The fourth-order valence-electron chi connectivity index (χ4n) is 3.60.